The fourth-order valence-corrected chi connectivity index (χ4v) is 6.83. The minimum absolute atomic E-state index is 0.0651. The van der Waals surface area contributed by atoms with E-state index in [0.29, 0.717) is 47.0 Å². The molecule has 4 heterocycles. The molecule has 232 valence electrons. The van der Waals surface area contributed by atoms with Gasteiger partial charge in [-0.1, -0.05) is 12.5 Å². The van der Waals surface area contributed by atoms with E-state index >= 15 is 0 Å². The van der Waals surface area contributed by atoms with Gasteiger partial charge in [0.2, 0.25) is 0 Å². The second-order valence-corrected chi connectivity index (χ2v) is 13.3. The lowest BCUT2D eigenvalue weighted by molar-refractivity contribution is -0.127. The van der Waals surface area contributed by atoms with Crippen LogP contribution in [0.1, 0.15) is 44.1 Å². The number of pyridine rings is 2. The fourth-order valence-electron chi connectivity index (χ4n) is 5.35. The Morgan fingerprint density at radius 3 is 2.57 bits per heavy atom. The first-order valence-electron chi connectivity index (χ1n) is 14.4. The van der Waals surface area contributed by atoms with Gasteiger partial charge in [-0.25, -0.2) is 23.4 Å². The third-order valence-corrected chi connectivity index (χ3v) is 9.78. The molecule has 15 heteroatoms. The number of aliphatic hydroxyl groups excluding tert-OH is 1. The topological polar surface area (TPSA) is 148 Å². The summed E-state index contributed by atoms with van der Waals surface area (Å²) in [4.78, 5) is 17.6. The molecule has 6 rings (SSSR count). The molecule has 0 unspecified atom stereocenters. The van der Waals surface area contributed by atoms with Gasteiger partial charge in [0.25, 0.3) is 10.0 Å². The molecule has 2 aliphatic rings. The van der Waals surface area contributed by atoms with Gasteiger partial charge in [0.15, 0.2) is 5.82 Å². The SMILES string of the molecule is O=S(=O)(C1CC1)n1cc(-c2nccc(Nc3cc(N[C@H]4CCC[C@H](CO)C4)c(-c4ccc(CC(F)(F)F)cn4)cn3)n2)cn1. The van der Waals surface area contributed by atoms with E-state index in [2.05, 4.69) is 35.7 Å². The number of aliphatic hydroxyl groups is 1. The van der Waals surface area contributed by atoms with Crippen LogP contribution in [-0.2, 0) is 16.4 Å². The third-order valence-electron chi connectivity index (χ3n) is 7.75. The molecule has 0 bridgehead atoms. The number of alkyl halides is 3. The van der Waals surface area contributed by atoms with Gasteiger partial charge in [-0.05, 0) is 55.7 Å². The summed E-state index contributed by atoms with van der Waals surface area (Å²) in [6, 6.07) is 6.47. The maximum Gasteiger partial charge on any atom is 0.393 e. The van der Waals surface area contributed by atoms with Crippen LogP contribution < -0.4 is 10.6 Å². The summed E-state index contributed by atoms with van der Waals surface area (Å²) in [7, 11) is -3.52. The van der Waals surface area contributed by atoms with E-state index in [9.17, 15) is 26.7 Å². The lowest BCUT2D eigenvalue weighted by Gasteiger charge is -2.30. The van der Waals surface area contributed by atoms with Crippen LogP contribution in [0.25, 0.3) is 22.6 Å². The van der Waals surface area contributed by atoms with E-state index in [0.717, 1.165) is 29.8 Å². The molecular formula is C29H31F3N8O3S. The average Bonchev–Trinajstić information content (AvgIpc) is 3.74. The maximum atomic E-state index is 12.9. The largest absolute Gasteiger partial charge is 0.396 e. The molecular weight excluding hydrogens is 597 g/mol. The van der Waals surface area contributed by atoms with Crippen LogP contribution in [0, 0.1) is 5.92 Å². The first-order valence-corrected chi connectivity index (χ1v) is 15.9. The number of nitrogens with zero attached hydrogens (tertiary/aromatic N) is 6. The second-order valence-electron chi connectivity index (χ2n) is 11.3. The first kappa shape index (κ1) is 29.9. The van der Waals surface area contributed by atoms with E-state index in [1.165, 1.54) is 30.9 Å². The number of aromatic nitrogens is 6. The average molecular weight is 629 g/mol. The molecule has 2 saturated carbocycles. The van der Waals surface area contributed by atoms with Gasteiger partial charge in [-0.15, -0.1) is 0 Å². The number of rotatable bonds is 10. The molecule has 3 N–H and O–H groups in total. The molecule has 4 aromatic heterocycles. The minimum atomic E-state index is -4.33. The van der Waals surface area contributed by atoms with Crippen LogP contribution in [0.3, 0.4) is 0 Å². The monoisotopic (exact) mass is 628 g/mol. The zero-order chi connectivity index (χ0) is 30.9. The Morgan fingerprint density at radius 1 is 1.00 bits per heavy atom. The van der Waals surface area contributed by atoms with E-state index < -0.39 is 27.9 Å². The molecule has 0 saturated heterocycles. The quantitative estimate of drug-likeness (QED) is 0.220. The third kappa shape index (κ3) is 6.99. The van der Waals surface area contributed by atoms with Crippen molar-refractivity contribution in [2.75, 3.05) is 17.2 Å². The number of hydrogen-bond acceptors (Lipinski definition) is 10. The Hall–Kier alpha value is -4.11. The van der Waals surface area contributed by atoms with Crippen LogP contribution in [0.15, 0.2) is 55.2 Å². The van der Waals surface area contributed by atoms with Gasteiger partial charge in [0.05, 0.1) is 35.3 Å². The zero-order valence-corrected chi connectivity index (χ0v) is 24.4. The van der Waals surface area contributed by atoms with Crippen LogP contribution in [0.4, 0.5) is 30.5 Å². The van der Waals surface area contributed by atoms with Gasteiger partial charge < -0.3 is 15.7 Å². The van der Waals surface area contributed by atoms with Crippen molar-refractivity contribution in [2.24, 2.45) is 5.92 Å². The number of nitrogens with one attached hydrogen (secondary N) is 2. The summed E-state index contributed by atoms with van der Waals surface area (Å²) in [6.45, 7) is 0.109. The van der Waals surface area contributed by atoms with Gasteiger partial charge >= 0.3 is 6.18 Å². The molecule has 2 fully saturated rings. The molecule has 44 heavy (non-hydrogen) atoms. The predicted molar refractivity (Wildman–Crippen MR) is 158 cm³/mol. The van der Waals surface area contributed by atoms with E-state index in [1.807, 2.05) is 0 Å². The molecule has 2 aliphatic carbocycles. The maximum absolute atomic E-state index is 12.9. The van der Waals surface area contributed by atoms with Crippen molar-refractivity contribution in [3.63, 3.8) is 0 Å². The normalized spacial score (nSPS) is 19.1. The molecule has 4 aromatic rings. The number of hydrogen-bond donors (Lipinski definition) is 3. The lowest BCUT2D eigenvalue weighted by Crippen LogP contribution is -2.29. The van der Waals surface area contributed by atoms with Gasteiger partial charge in [0.1, 0.15) is 11.6 Å². The summed E-state index contributed by atoms with van der Waals surface area (Å²) in [5, 5.41) is 20.0. The summed E-state index contributed by atoms with van der Waals surface area (Å²) in [5.41, 5.74) is 2.28. The molecule has 0 radical (unpaired) electrons. The molecule has 0 aromatic carbocycles. The van der Waals surface area contributed by atoms with Gasteiger partial charge in [-0.2, -0.15) is 22.4 Å². The van der Waals surface area contributed by atoms with E-state index in [4.69, 9.17) is 0 Å². The summed E-state index contributed by atoms with van der Waals surface area (Å²) in [5.74, 6) is 1.32. The highest BCUT2D eigenvalue weighted by atomic mass is 32.2. The molecule has 0 spiro atoms. The Labute approximate surface area is 252 Å². The van der Waals surface area contributed by atoms with Crippen molar-refractivity contribution in [1.82, 2.24) is 29.1 Å². The fraction of sp³-hybridized carbons (Fsp3) is 0.414. The second kappa shape index (κ2) is 12.1. The smallest absolute Gasteiger partial charge is 0.393 e. The van der Waals surface area contributed by atoms with Crippen LogP contribution in [0.5, 0.6) is 0 Å². The van der Waals surface area contributed by atoms with E-state index in [-0.39, 0.29) is 30.0 Å². The summed E-state index contributed by atoms with van der Waals surface area (Å²) in [6.07, 6.45) is 6.61. The minimum Gasteiger partial charge on any atom is -0.396 e. The Balaban J connectivity index is 1.26. The predicted octanol–water partition coefficient (Wildman–Crippen LogP) is 4.95. The standard InChI is InChI=1S/C29H31F3N8O3S/c30-29(31,32)12-19-4-7-24(34-13-19)23-15-35-27(11-25(23)37-21-3-1-2-18(10-21)17-41)38-26-8-9-33-28(39-26)20-14-36-40(16-20)44(42,43)22-5-6-22/h4,7-9,11,13-16,18,21-22,41H,1-3,5-6,10,12,17H2,(H2,33,35,37,38,39)/t18-,21-/m0/s1. The lowest BCUT2D eigenvalue weighted by atomic mass is 9.86. The highest BCUT2D eigenvalue weighted by molar-refractivity contribution is 7.90. The molecule has 0 aliphatic heterocycles. The molecule has 2 atom stereocenters. The molecule has 11 nitrogen and oxygen atoms in total. The summed E-state index contributed by atoms with van der Waals surface area (Å²) >= 11 is 0. The van der Waals surface area contributed by atoms with Crippen molar-refractivity contribution in [2.45, 2.75) is 62.4 Å². The Bertz CT molecular complexity index is 1730. The van der Waals surface area contributed by atoms with Gasteiger partial charge in [0, 0.05) is 48.6 Å². The van der Waals surface area contributed by atoms with Crippen molar-refractivity contribution in [3.05, 3.63) is 60.8 Å². The van der Waals surface area contributed by atoms with Crippen LogP contribution in [0.2, 0.25) is 0 Å². The first-order chi connectivity index (χ1) is 21.1. The van der Waals surface area contributed by atoms with Crippen molar-refractivity contribution < 1.29 is 26.7 Å². The number of halogens is 3. The van der Waals surface area contributed by atoms with E-state index in [1.54, 1.807) is 24.4 Å². The van der Waals surface area contributed by atoms with Crippen molar-refractivity contribution in [1.29, 1.82) is 0 Å². The van der Waals surface area contributed by atoms with Crippen LogP contribution in [-0.4, -0.2) is 66.7 Å². The number of anilines is 3. The van der Waals surface area contributed by atoms with Gasteiger partial charge in [-0.3, -0.25) is 4.98 Å². The highest BCUT2D eigenvalue weighted by Gasteiger charge is 2.37. The highest BCUT2D eigenvalue weighted by Crippen LogP contribution is 2.34. The van der Waals surface area contributed by atoms with Crippen LogP contribution >= 0.6 is 0 Å². The van der Waals surface area contributed by atoms with Crippen molar-refractivity contribution >= 4 is 27.3 Å². The zero-order valence-electron chi connectivity index (χ0n) is 23.6. The Morgan fingerprint density at radius 2 is 1.84 bits per heavy atom. The molecule has 0 amide bonds. The Kier molecular flexibility index (Phi) is 8.24. The summed E-state index contributed by atoms with van der Waals surface area (Å²) < 4.78 is 64.6. The van der Waals surface area contributed by atoms with Crippen molar-refractivity contribution in [3.8, 4) is 22.6 Å².